The van der Waals surface area contributed by atoms with Crippen molar-refractivity contribution >= 4 is 23.5 Å². The molecule has 0 saturated carbocycles. The van der Waals surface area contributed by atoms with Gasteiger partial charge in [-0.3, -0.25) is 9.59 Å². The summed E-state index contributed by atoms with van der Waals surface area (Å²) in [6.07, 6.45) is -4.47. The summed E-state index contributed by atoms with van der Waals surface area (Å²) < 4.78 is 37.7. The molecule has 0 radical (unpaired) electrons. The Labute approximate surface area is 177 Å². The summed E-state index contributed by atoms with van der Waals surface area (Å²) in [7, 11) is 0. The molecule has 0 fully saturated rings. The van der Waals surface area contributed by atoms with Gasteiger partial charge in [-0.1, -0.05) is 6.07 Å². The molecule has 31 heavy (non-hydrogen) atoms. The molecule has 0 aliphatic heterocycles. The van der Waals surface area contributed by atoms with E-state index in [0.29, 0.717) is 11.3 Å². The first-order valence-corrected chi connectivity index (χ1v) is 9.47. The van der Waals surface area contributed by atoms with Crippen LogP contribution in [0.4, 0.5) is 23.7 Å². The van der Waals surface area contributed by atoms with E-state index in [0.717, 1.165) is 24.3 Å². The molecule has 0 aromatic heterocycles. The smallest absolute Gasteiger partial charge is 0.350 e. The van der Waals surface area contributed by atoms with Gasteiger partial charge < -0.3 is 21.3 Å². The molecule has 166 valence electrons. The molecule has 2 aromatic carbocycles. The van der Waals surface area contributed by atoms with Gasteiger partial charge in [0.2, 0.25) is 0 Å². The Hall–Kier alpha value is -3.56. The second kappa shape index (κ2) is 10.5. The topological polar surface area (TPSA) is 99.3 Å². The predicted octanol–water partition coefficient (Wildman–Crippen LogP) is 3.40. The van der Waals surface area contributed by atoms with Crippen molar-refractivity contribution in [1.29, 1.82) is 0 Å². The molecule has 0 aliphatic rings. The lowest BCUT2D eigenvalue weighted by molar-refractivity contribution is -0.137. The van der Waals surface area contributed by atoms with Crippen LogP contribution in [-0.4, -0.2) is 37.0 Å². The Morgan fingerprint density at radius 3 is 2.00 bits per heavy atom. The molecule has 2 rings (SSSR count). The maximum Gasteiger partial charge on any atom is 0.416 e. The van der Waals surface area contributed by atoms with E-state index in [4.69, 9.17) is 0 Å². The number of amides is 4. The van der Waals surface area contributed by atoms with Gasteiger partial charge in [0.1, 0.15) is 0 Å². The average Bonchev–Trinajstić information content (AvgIpc) is 2.69. The summed E-state index contributed by atoms with van der Waals surface area (Å²) in [5.74, 6) is -0.956. The number of alkyl halides is 3. The Morgan fingerprint density at radius 1 is 0.871 bits per heavy atom. The number of carbonyl (C=O) groups excluding carboxylic acids is 3. The average molecular weight is 436 g/mol. The van der Waals surface area contributed by atoms with Crippen LogP contribution in [0.25, 0.3) is 0 Å². The Kier molecular flexibility index (Phi) is 8.00. The maximum atomic E-state index is 12.6. The van der Waals surface area contributed by atoms with E-state index in [1.54, 1.807) is 18.2 Å². The quantitative estimate of drug-likeness (QED) is 0.501. The number of nitrogens with one attached hydrogen (secondary N) is 4. The first-order valence-electron chi connectivity index (χ1n) is 9.47. The first-order chi connectivity index (χ1) is 14.6. The van der Waals surface area contributed by atoms with Crippen LogP contribution >= 0.6 is 0 Å². The highest BCUT2D eigenvalue weighted by molar-refractivity contribution is 5.97. The number of urea groups is 1. The van der Waals surface area contributed by atoms with Gasteiger partial charge >= 0.3 is 12.2 Å². The SMILES string of the molecule is CC(C)NC(=O)Nc1cccc(C(=O)NCCNC(=O)c2ccc(C(F)(F)F)cc2)c1. The summed E-state index contributed by atoms with van der Waals surface area (Å²) >= 11 is 0. The standard InChI is InChI=1S/C21H23F3N4O3/c1-13(2)27-20(31)28-17-5-3-4-15(12-17)19(30)26-11-10-25-18(29)14-6-8-16(9-7-14)21(22,23)24/h3-9,12-13H,10-11H2,1-2H3,(H,25,29)(H,26,30)(H2,27,28,31). The zero-order chi connectivity index (χ0) is 23.0. The Bertz CT molecular complexity index is 928. The molecule has 0 heterocycles. The van der Waals surface area contributed by atoms with Crippen LogP contribution in [0.5, 0.6) is 0 Å². The summed E-state index contributed by atoms with van der Waals surface area (Å²) in [5.41, 5.74) is 0.00492. The fraction of sp³-hybridized carbons (Fsp3) is 0.286. The first kappa shape index (κ1) is 23.7. The Balaban J connectivity index is 1.81. The minimum absolute atomic E-state index is 0.0377. The van der Waals surface area contributed by atoms with Crippen molar-refractivity contribution in [2.24, 2.45) is 0 Å². The number of anilines is 1. The molecule has 2 aromatic rings. The van der Waals surface area contributed by atoms with Crippen molar-refractivity contribution in [1.82, 2.24) is 16.0 Å². The van der Waals surface area contributed by atoms with E-state index < -0.39 is 29.6 Å². The highest BCUT2D eigenvalue weighted by Gasteiger charge is 2.30. The second-order valence-corrected chi connectivity index (χ2v) is 6.92. The monoisotopic (exact) mass is 436 g/mol. The van der Waals surface area contributed by atoms with Gasteiger partial charge in [0.05, 0.1) is 5.56 Å². The third-order valence-electron chi connectivity index (χ3n) is 3.97. The minimum atomic E-state index is -4.47. The van der Waals surface area contributed by atoms with Crippen molar-refractivity contribution in [3.8, 4) is 0 Å². The van der Waals surface area contributed by atoms with Crippen molar-refractivity contribution in [3.63, 3.8) is 0 Å². The molecule has 7 nitrogen and oxygen atoms in total. The van der Waals surface area contributed by atoms with E-state index >= 15 is 0 Å². The van der Waals surface area contributed by atoms with Crippen LogP contribution in [-0.2, 0) is 6.18 Å². The van der Waals surface area contributed by atoms with Gasteiger partial charge in [0.25, 0.3) is 11.8 Å². The number of rotatable bonds is 7. The molecular weight excluding hydrogens is 413 g/mol. The second-order valence-electron chi connectivity index (χ2n) is 6.92. The summed E-state index contributed by atoms with van der Waals surface area (Å²) in [4.78, 5) is 36.0. The number of hydrogen-bond acceptors (Lipinski definition) is 3. The van der Waals surface area contributed by atoms with E-state index in [2.05, 4.69) is 21.3 Å². The minimum Gasteiger partial charge on any atom is -0.350 e. The molecule has 4 N–H and O–H groups in total. The largest absolute Gasteiger partial charge is 0.416 e. The summed E-state index contributed by atoms with van der Waals surface area (Å²) in [6, 6.07) is 9.75. The van der Waals surface area contributed by atoms with E-state index in [-0.39, 0.29) is 24.7 Å². The van der Waals surface area contributed by atoms with Gasteiger partial charge in [-0.25, -0.2) is 4.79 Å². The van der Waals surface area contributed by atoms with Crippen LogP contribution in [0.3, 0.4) is 0 Å². The number of halogens is 3. The zero-order valence-electron chi connectivity index (χ0n) is 17.0. The van der Waals surface area contributed by atoms with Crippen molar-refractivity contribution in [3.05, 3.63) is 65.2 Å². The third-order valence-corrected chi connectivity index (χ3v) is 3.97. The van der Waals surface area contributed by atoms with Gasteiger partial charge in [0, 0.05) is 35.9 Å². The lowest BCUT2D eigenvalue weighted by atomic mass is 10.1. The predicted molar refractivity (Wildman–Crippen MR) is 110 cm³/mol. The van der Waals surface area contributed by atoms with Crippen molar-refractivity contribution < 1.29 is 27.6 Å². The molecule has 0 unspecified atom stereocenters. The fourth-order valence-electron chi connectivity index (χ4n) is 2.53. The Morgan fingerprint density at radius 2 is 1.45 bits per heavy atom. The molecular formula is C21H23F3N4O3. The van der Waals surface area contributed by atoms with Gasteiger partial charge in [-0.2, -0.15) is 13.2 Å². The van der Waals surface area contributed by atoms with E-state index in [9.17, 15) is 27.6 Å². The number of carbonyl (C=O) groups is 3. The number of benzene rings is 2. The lowest BCUT2D eigenvalue weighted by Crippen LogP contribution is -2.35. The summed E-state index contributed by atoms with van der Waals surface area (Å²) in [6.45, 7) is 3.83. The van der Waals surface area contributed by atoms with Gasteiger partial charge in [0.15, 0.2) is 0 Å². The molecule has 0 bridgehead atoms. The molecule has 4 amide bonds. The highest BCUT2D eigenvalue weighted by Crippen LogP contribution is 2.29. The van der Waals surface area contributed by atoms with Gasteiger partial charge in [-0.15, -0.1) is 0 Å². The molecule has 0 saturated heterocycles. The molecule has 10 heteroatoms. The highest BCUT2D eigenvalue weighted by atomic mass is 19.4. The van der Waals surface area contributed by atoms with E-state index in [1.165, 1.54) is 6.07 Å². The fourth-order valence-corrected chi connectivity index (χ4v) is 2.53. The van der Waals surface area contributed by atoms with Crippen molar-refractivity contribution in [2.75, 3.05) is 18.4 Å². The summed E-state index contributed by atoms with van der Waals surface area (Å²) in [5, 5.41) is 10.4. The molecule has 0 aliphatic carbocycles. The molecule has 0 atom stereocenters. The zero-order valence-corrected chi connectivity index (χ0v) is 17.0. The van der Waals surface area contributed by atoms with Crippen molar-refractivity contribution in [2.45, 2.75) is 26.1 Å². The van der Waals surface area contributed by atoms with Crippen LogP contribution in [0.1, 0.15) is 40.1 Å². The van der Waals surface area contributed by atoms with E-state index in [1.807, 2.05) is 13.8 Å². The molecule has 0 spiro atoms. The van der Waals surface area contributed by atoms with Crippen LogP contribution in [0.2, 0.25) is 0 Å². The lowest BCUT2D eigenvalue weighted by Gasteiger charge is -2.11. The third kappa shape index (κ3) is 7.65. The normalized spacial score (nSPS) is 11.0. The maximum absolute atomic E-state index is 12.6. The van der Waals surface area contributed by atoms with Crippen LogP contribution in [0, 0.1) is 0 Å². The van der Waals surface area contributed by atoms with Crippen LogP contribution in [0.15, 0.2) is 48.5 Å². The van der Waals surface area contributed by atoms with Gasteiger partial charge in [-0.05, 0) is 56.3 Å². The number of hydrogen-bond donors (Lipinski definition) is 4. The van der Waals surface area contributed by atoms with Crippen LogP contribution < -0.4 is 21.3 Å².